The van der Waals surface area contributed by atoms with Gasteiger partial charge < -0.3 is 14.6 Å². The van der Waals surface area contributed by atoms with E-state index in [0.29, 0.717) is 33.4 Å². The zero-order chi connectivity index (χ0) is 17.6. The summed E-state index contributed by atoms with van der Waals surface area (Å²) in [7, 11) is 0. The maximum Gasteiger partial charge on any atom is 0.336 e. The van der Waals surface area contributed by atoms with Crippen molar-refractivity contribution >= 4 is 16.9 Å². The molecule has 0 bridgehead atoms. The van der Waals surface area contributed by atoms with Crippen LogP contribution < -0.4 is 10.5 Å². The maximum absolute atomic E-state index is 11.7. The lowest BCUT2D eigenvalue weighted by Crippen LogP contribution is -2.03. The second-order valence-corrected chi connectivity index (χ2v) is 5.64. The molecule has 25 heavy (non-hydrogen) atoms. The summed E-state index contributed by atoms with van der Waals surface area (Å²) in [5, 5.41) is 21.8. The van der Waals surface area contributed by atoms with Crippen LogP contribution in [-0.4, -0.2) is 11.1 Å². The highest BCUT2D eigenvalue weighted by atomic mass is 16.4. The first-order valence-electron chi connectivity index (χ1n) is 7.55. The van der Waals surface area contributed by atoms with E-state index in [4.69, 9.17) is 4.42 Å². The molecule has 5 nitrogen and oxygen atoms in total. The van der Waals surface area contributed by atoms with Gasteiger partial charge in [0.1, 0.15) is 11.3 Å². The molecule has 5 heteroatoms. The maximum atomic E-state index is 11.7. The Labute approximate surface area is 141 Å². The van der Waals surface area contributed by atoms with Crippen molar-refractivity contribution in [2.45, 2.75) is 0 Å². The fourth-order valence-corrected chi connectivity index (χ4v) is 3.03. The highest BCUT2D eigenvalue weighted by Gasteiger charge is 2.20. The van der Waals surface area contributed by atoms with Crippen molar-refractivity contribution in [3.05, 3.63) is 76.5 Å². The van der Waals surface area contributed by atoms with Gasteiger partial charge in [0.15, 0.2) is 5.43 Å². The van der Waals surface area contributed by atoms with Gasteiger partial charge in [-0.1, -0.05) is 30.3 Å². The molecule has 2 aliphatic rings. The Hall–Kier alpha value is -3.60. The zero-order valence-electron chi connectivity index (χ0n) is 12.9. The Balaban J connectivity index is 2.22. The fourth-order valence-electron chi connectivity index (χ4n) is 3.03. The first-order valence-corrected chi connectivity index (χ1v) is 7.55. The van der Waals surface area contributed by atoms with E-state index in [2.05, 4.69) is 0 Å². The molecular weight excluding hydrogens is 320 g/mol. The summed E-state index contributed by atoms with van der Waals surface area (Å²) >= 11 is 0. The van der Waals surface area contributed by atoms with Gasteiger partial charge in [-0.15, -0.1) is 5.75 Å². The zero-order valence-corrected chi connectivity index (χ0v) is 12.9. The molecule has 0 aromatic heterocycles. The van der Waals surface area contributed by atoms with E-state index in [-0.39, 0.29) is 16.7 Å². The molecule has 1 aliphatic heterocycles. The number of carboxylic acids is 1. The first-order chi connectivity index (χ1) is 12.0. The number of carbonyl (C=O) groups is 1. The van der Waals surface area contributed by atoms with E-state index < -0.39 is 5.97 Å². The third-order valence-corrected chi connectivity index (χ3v) is 4.09. The lowest BCUT2D eigenvalue weighted by Gasteiger charge is -2.17. The van der Waals surface area contributed by atoms with E-state index in [9.17, 15) is 19.8 Å². The molecular formula is C20H11O5-. The van der Waals surface area contributed by atoms with E-state index in [1.807, 2.05) is 0 Å². The number of hydrogen-bond donors (Lipinski definition) is 1. The third kappa shape index (κ3) is 2.42. The molecule has 1 aliphatic carbocycles. The van der Waals surface area contributed by atoms with Crippen molar-refractivity contribution in [2.24, 2.45) is 0 Å². The van der Waals surface area contributed by atoms with Crippen molar-refractivity contribution in [2.75, 3.05) is 0 Å². The minimum Gasteiger partial charge on any atom is -0.872 e. The summed E-state index contributed by atoms with van der Waals surface area (Å²) in [5.74, 6) is -0.981. The largest absolute Gasteiger partial charge is 0.872 e. The summed E-state index contributed by atoms with van der Waals surface area (Å²) in [6.07, 6.45) is 0. The van der Waals surface area contributed by atoms with Gasteiger partial charge in [0.25, 0.3) is 0 Å². The van der Waals surface area contributed by atoms with Gasteiger partial charge in [0.05, 0.1) is 5.56 Å². The van der Waals surface area contributed by atoms with Gasteiger partial charge in [-0.05, 0) is 29.8 Å². The predicted octanol–water partition coefficient (Wildman–Crippen LogP) is 3.34. The highest BCUT2D eigenvalue weighted by Crippen LogP contribution is 2.41. The van der Waals surface area contributed by atoms with Crippen LogP contribution in [0.5, 0.6) is 5.75 Å². The van der Waals surface area contributed by atoms with Gasteiger partial charge in [-0.25, -0.2) is 4.79 Å². The van der Waals surface area contributed by atoms with Gasteiger partial charge >= 0.3 is 5.97 Å². The van der Waals surface area contributed by atoms with Crippen LogP contribution in [0.15, 0.2) is 69.9 Å². The molecule has 0 amide bonds. The number of hydrogen-bond acceptors (Lipinski definition) is 4. The average Bonchev–Trinajstić information content (AvgIpc) is 2.59. The van der Waals surface area contributed by atoms with Gasteiger partial charge in [0, 0.05) is 22.6 Å². The van der Waals surface area contributed by atoms with Crippen LogP contribution in [0.25, 0.3) is 33.4 Å². The number of rotatable bonds is 2. The average molecular weight is 331 g/mol. The van der Waals surface area contributed by atoms with Crippen LogP contribution >= 0.6 is 0 Å². The van der Waals surface area contributed by atoms with Gasteiger partial charge in [-0.2, -0.15) is 0 Å². The summed E-state index contributed by atoms with van der Waals surface area (Å²) in [5.41, 5.74) is 1.94. The summed E-state index contributed by atoms with van der Waals surface area (Å²) in [4.78, 5) is 23.3. The molecule has 1 heterocycles. The van der Waals surface area contributed by atoms with Crippen molar-refractivity contribution in [3.63, 3.8) is 0 Å². The van der Waals surface area contributed by atoms with E-state index in [1.165, 1.54) is 30.3 Å². The van der Waals surface area contributed by atoms with E-state index in [1.54, 1.807) is 30.3 Å². The normalized spacial score (nSPS) is 11.0. The van der Waals surface area contributed by atoms with Crippen molar-refractivity contribution in [3.8, 4) is 28.2 Å². The Morgan fingerprint density at radius 2 is 1.76 bits per heavy atom. The molecule has 0 saturated carbocycles. The molecule has 0 saturated heterocycles. The smallest absolute Gasteiger partial charge is 0.336 e. The van der Waals surface area contributed by atoms with Crippen LogP contribution in [0.2, 0.25) is 0 Å². The number of fused-ring (bicyclic) bond motifs is 2. The molecule has 0 unspecified atom stereocenters. The fraction of sp³-hybridized carbons (Fsp3) is 0. The molecule has 0 spiro atoms. The van der Waals surface area contributed by atoms with Crippen LogP contribution in [0.4, 0.5) is 0 Å². The van der Waals surface area contributed by atoms with E-state index in [0.717, 1.165) is 0 Å². The molecule has 4 rings (SSSR count). The van der Waals surface area contributed by atoms with Gasteiger partial charge in [-0.3, -0.25) is 4.79 Å². The van der Waals surface area contributed by atoms with Crippen LogP contribution in [0.3, 0.4) is 0 Å². The third-order valence-electron chi connectivity index (χ3n) is 4.09. The van der Waals surface area contributed by atoms with Crippen molar-refractivity contribution in [1.82, 2.24) is 0 Å². The summed E-state index contributed by atoms with van der Waals surface area (Å²) in [6, 6.07) is 15.3. The van der Waals surface area contributed by atoms with Crippen molar-refractivity contribution < 1.29 is 19.4 Å². The molecule has 1 N–H and O–H groups in total. The van der Waals surface area contributed by atoms with Crippen LogP contribution in [0, 0.1) is 0 Å². The highest BCUT2D eigenvalue weighted by molar-refractivity contribution is 6.07. The summed E-state index contributed by atoms with van der Waals surface area (Å²) < 4.78 is 5.72. The Morgan fingerprint density at radius 1 is 0.960 bits per heavy atom. The second-order valence-electron chi connectivity index (χ2n) is 5.64. The molecule has 2 aromatic carbocycles. The SMILES string of the molecule is O=C(O)c1ccccc1-c1c2ccc(=O)cc-2oc2cc([O-])ccc12. The standard InChI is InChI=1S/C20H12O5/c21-11-5-7-15-17(9-11)25-18-10-12(22)6-8-16(18)19(15)13-3-1-2-4-14(13)20(23)24/h1-10,21H,(H,23,24)/p-1. The van der Waals surface area contributed by atoms with Gasteiger partial charge in [0.2, 0.25) is 0 Å². The number of benzene rings is 3. The van der Waals surface area contributed by atoms with Crippen LogP contribution in [-0.2, 0) is 0 Å². The quantitative estimate of drug-likeness (QED) is 0.569. The molecule has 122 valence electrons. The van der Waals surface area contributed by atoms with Crippen molar-refractivity contribution in [1.29, 1.82) is 0 Å². The van der Waals surface area contributed by atoms with E-state index >= 15 is 0 Å². The Bertz CT molecular complexity index is 1160. The molecule has 0 atom stereocenters. The summed E-state index contributed by atoms with van der Waals surface area (Å²) in [6.45, 7) is 0. The van der Waals surface area contributed by atoms with Crippen LogP contribution in [0.1, 0.15) is 10.4 Å². The number of aromatic carboxylic acids is 1. The minimum absolute atomic E-state index is 0.133. The first kappa shape index (κ1) is 15.0. The lowest BCUT2D eigenvalue weighted by molar-refractivity contribution is -0.268. The Kier molecular flexibility index (Phi) is 3.28. The monoisotopic (exact) mass is 331 g/mol. The molecule has 0 radical (unpaired) electrons. The number of carboxylic acid groups (broad SMARTS) is 1. The Morgan fingerprint density at radius 3 is 2.56 bits per heavy atom. The molecule has 2 aromatic rings. The minimum atomic E-state index is -1.06. The lowest BCUT2D eigenvalue weighted by atomic mass is 9.91. The topological polar surface area (TPSA) is 90.6 Å². The second kappa shape index (κ2) is 5.49. The predicted molar refractivity (Wildman–Crippen MR) is 90.9 cm³/mol. The molecule has 0 fully saturated rings.